The van der Waals surface area contributed by atoms with Crippen molar-refractivity contribution in [2.24, 2.45) is 0 Å². The van der Waals surface area contributed by atoms with E-state index >= 15 is 0 Å². The van der Waals surface area contributed by atoms with E-state index in [9.17, 15) is 9.36 Å². The Kier molecular flexibility index (Phi) is 8.58. The third-order valence-electron chi connectivity index (χ3n) is 0.919. The van der Waals surface area contributed by atoms with Crippen molar-refractivity contribution in [1.82, 2.24) is 0 Å². The van der Waals surface area contributed by atoms with E-state index in [4.69, 9.17) is 16.5 Å². The Bertz CT molecular complexity index is 181. The van der Waals surface area contributed by atoms with Crippen molar-refractivity contribution in [1.29, 1.82) is 0 Å². The quantitative estimate of drug-likeness (QED) is 0.443. The maximum absolute atomic E-state index is 10.2. The second-order valence-corrected chi connectivity index (χ2v) is 3.40. The fraction of sp³-hybridized carbons (Fsp3) is 0.400. The summed E-state index contributed by atoms with van der Waals surface area (Å²) in [4.78, 5) is 18.6. The van der Waals surface area contributed by atoms with E-state index in [1.165, 1.54) is 0 Å². The average Bonchev–Trinajstić information content (AvgIpc) is 1.82. The molecule has 0 radical (unpaired) electrons. The van der Waals surface area contributed by atoms with Gasteiger partial charge in [-0.2, -0.15) is 0 Å². The molecule has 0 aromatic rings. The monoisotopic (exact) mass is 218 g/mol. The molecule has 11 heavy (non-hydrogen) atoms. The summed E-state index contributed by atoms with van der Waals surface area (Å²) in [6, 6.07) is 0. The van der Waals surface area contributed by atoms with Crippen LogP contribution in [0.3, 0.4) is 0 Å². The predicted octanol–water partition coefficient (Wildman–Crippen LogP) is 1.59. The average molecular weight is 219 g/mol. The highest BCUT2D eigenvalue weighted by molar-refractivity contribution is 7.37. The molecule has 0 spiro atoms. The SMILES string of the molecule is C=C(CC[PH](=O)O)C(=O)Cl.Cl. The lowest BCUT2D eigenvalue weighted by atomic mass is 10.3. The number of carbonyl (C=O) groups excluding carboxylic acids is 1. The lowest BCUT2D eigenvalue weighted by Gasteiger charge is -1.94. The van der Waals surface area contributed by atoms with Crippen LogP contribution in [0.2, 0.25) is 0 Å². The zero-order valence-corrected chi connectivity index (χ0v) is 8.24. The molecule has 0 heterocycles. The lowest BCUT2D eigenvalue weighted by Crippen LogP contribution is -1.92. The van der Waals surface area contributed by atoms with Gasteiger partial charge in [0.25, 0.3) is 0 Å². The molecule has 0 rings (SSSR count). The van der Waals surface area contributed by atoms with Gasteiger partial charge < -0.3 is 4.89 Å². The van der Waals surface area contributed by atoms with Crippen LogP contribution in [-0.2, 0) is 9.36 Å². The first-order chi connectivity index (χ1) is 4.54. The van der Waals surface area contributed by atoms with E-state index in [2.05, 4.69) is 6.58 Å². The van der Waals surface area contributed by atoms with Crippen molar-refractivity contribution in [3.05, 3.63) is 12.2 Å². The van der Waals surface area contributed by atoms with E-state index < -0.39 is 13.3 Å². The van der Waals surface area contributed by atoms with Crippen molar-refractivity contribution >= 4 is 37.3 Å². The highest BCUT2D eigenvalue weighted by Crippen LogP contribution is 2.17. The molecular weight excluding hydrogens is 210 g/mol. The number of carbonyl (C=O) groups is 1. The normalized spacial score (nSPS) is 11.5. The lowest BCUT2D eigenvalue weighted by molar-refractivity contribution is -0.108. The molecule has 1 N–H and O–H groups in total. The number of hydrogen-bond acceptors (Lipinski definition) is 2. The van der Waals surface area contributed by atoms with Gasteiger partial charge in [0.2, 0.25) is 5.24 Å². The number of allylic oxidation sites excluding steroid dienone is 1. The molecule has 0 aromatic heterocycles. The van der Waals surface area contributed by atoms with Gasteiger partial charge >= 0.3 is 0 Å². The molecule has 66 valence electrons. The topological polar surface area (TPSA) is 54.4 Å². The Hall–Kier alpha value is 0.180. The van der Waals surface area contributed by atoms with Gasteiger partial charge in [-0.15, -0.1) is 12.4 Å². The molecule has 0 aliphatic heterocycles. The van der Waals surface area contributed by atoms with Crippen molar-refractivity contribution in [3.63, 3.8) is 0 Å². The summed E-state index contributed by atoms with van der Waals surface area (Å²) in [5.74, 6) is 0. The Morgan fingerprint density at radius 1 is 1.64 bits per heavy atom. The smallest absolute Gasteiger partial charge is 0.247 e. The Morgan fingerprint density at radius 2 is 2.09 bits per heavy atom. The van der Waals surface area contributed by atoms with Crippen molar-refractivity contribution in [2.45, 2.75) is 6.42 Å². The largest absolute Gasteiger partial charge is 0.346 e. The molecule has 3 nitrogen and oxygen atoms in total. The molecular formula is C5H9Cl2O3P. The molecule has 0 fully saturated rings. The second-order valence-electron chi connectivity index (χ2n) is 1.77. The van der Waals surface area contributed by atoms with Crippen molar-refractivity contribution in [2.75, 3.05) is 6.16 Å². The van der Waals surface area contributed by atoms with Crippen LogP contribution in [0.25, 0.3) is 0 Å². The standard InChI is InChI=1S/C5H8ClO3P.ClH/c1-4(5(6)7)2-3-10(8)9;/h10H,1-3H2,(H,8,9);1H. The van der Waals surface area contributed by atoms with Crippen LogP contribution >= 0.6 is 32.0 Å². The van der Waals surface area contributed by atoms with Crippen LogP contribution in [0.1, 0.15) is 6.42 Å². The fourth-order valence-electron chi connectivity index (χ4n) is 0.356. The van der Waals surface area contributed by atoms with E-state index in [0.717, 1.165) is 0 Å². The van der Waals surface area contributed by atoms with Gasteiger partial charge in [-0.1, -0.05) is 6.58 Å². The maximum Gasteiger partial charge on any atom is 0.247 e. The van der Waals surface area contributed by atoms with Crippen LogP contribution in [0.15, 0.2) is 12.2 Å². The fourth-order valence-corrected chi connectivity index (χ4v) is 0.966. The van der Waals surface area contributed by atoms with Gasteiger partial charge in [0, 0.05) is 11.7 Å². The van der Waals surface area contributed by atoms with Crippen LogP contribution in [0.4, 0.5) is 0 Å². The van der Waals surface area contributed by atoms with Gasteiger partial charge in [-0.05, 0) is 18.0 Å². The molecule has 0 amide bonds. The van der Waals surface area contributed by atoms with E-state index in [-0.39, 0.29) is 30.6 Å². The molecule has 1 atom stereocenters. The van der Waals surface area contributed by atoms with E-state index in [0.29, 0.717) is 0 Å². The van der Waals surface area contributed by atoms with Crippen LogP contribution in [-0.4, -0.2) is 16.3 Å². The highest BCUT2D eigenvalue weighted by atomic mass is 35.5. The molecule has 1 unspecified atom stereocenters. The minimum absolute atomic E-state index is 0. The van der Waals surface area contributed by atoms with Crippen molar-refractivity contribution < 1.29 is 14.3 Å². The van der Waals surface area contributed by atoms with E-state index in [1.807, 2.05) is 0 Å². The van der Waals surface area contributed by atoms with E-state index in [1.54, 1.807) is 0 Å². The van der Waals surface area contributed by atoms with Gasteiger partial charge in [0.05, 0.1) is 0 Å². The molecule has 0 aromatic carbocycles. The summed E-state index contributed by atoms with van der Waals surface area (Å²) in [7, 11) is -2.48. The molecule has 0 aliphatic carbocycles. The number of hydrogen-bond donors (Lipinski definition) is 1. The first-order valence-corrected chi connectivity index (χ1v) is 4.57. The number of rotatable bonds is 4. The molecule has 0 saturated carbocycles. The summed E-state index contributed by atoms with van der Waals surface area (Å²) in [6.45, 7) is 3.31. The maximum atomic E-state index is 10.2. The molecule has 6 heteroatoms. The highest BCUT2D eigenvalue weighted by Gasteiger charge is 2.03. The Morgan fingerprint density at radius 3 is 2.36 bits per heavy atom. The number of halogens is 2. The van der Waals surface area contributed by atoms with Gasteiger partial charge in [0.15, 0.2) is 8.03 Å². The predicted molar refractivity (Wildman–Crippen MR) is 48.0 cm³/mol. The van der Waals surface area contributed by atoms with Crippen LogP contribution in [0.5, 0.6) is 0 Å². The third kappa shape index (κ3) is 8.08. The second kappa shape index (κ2) is 6.86. The zero-order chi connectivity index (χ0) is 8.15. The minimum atomic E-state index is -2.48. The Labute approximate surface area is 76.7 Å². The first kappa shape index (κ1) is 13.7. The van der Waals surface area contributed by atoms with Crippen LogP contribution in [0, 0.1) is 0 Å². The van der Waals surface area contributed by atoms with Gasteiger partial charge in [-0.25, -0.2) is 0 Å². The first-order valence-electron chi connectivity index (χ1n) is 2.63. The third-order valence-corrected chi connectivity index (χ3v) is 1.86. The summed E-state index contributed by atoms with van der Waals surface area (Å²) < 4.78 is 10.1. The molecule has 0 saturated heterocycles. The summed E-state index contributed by atoms with van der Waals surface area (Å²) in [5.41, 5.74) is 0.189. The Balaban J connectivity index is 0. The zero-order valence-electron chi connectivity index (χ0n) is 5.67. The minimum Gasteiger partial charge on any atom is -0.346 e. The van der Waals surface area contributed by atoms with Gasteiger partial charge in [0.1, 0.15) is 0 Å². The van der Waals surface area contributed by atoms with Crippen molar-refractivity contribution in [3.8, 4) is 0 Å². The molecule has 0 bridgehead atoms. The summed E-state index contributed by atoms with van der Waals surface area (Å²) in [5, 5.41) is -0.636. The molecule has 0 aliphatic rings. The van der Waals surface area contributed by atoms with Crippen LogP contribution < -0.4 is 0 Å². The summed E-state index contributed by atoms with van der Waals surface area (Å²) in [6.07, 6.45) is 0.290. The summed E-state index contributed by atoms with van der Waals surface area (Å²) >= 11 is 5.00. The van der Waals surface area contributed by atoms with Gasteiger partial charge in [-0.3, -0.25) is 9.36 Å².